The maximum absolute atomic E-state index is 6.24. The molecule has 0 amide bonds. The first-order valence-corrected chi connectivity index (χ1v) is 7.91. The van der Waals surface area contributed by atoms with Crippen LogP contribution in [0.2, 0.25) is 5.02 Å². The smallest absolute Gasteiger partial charge is 0.0817 e. The zero-order valence-corrected chi connectivity index (χ0v) is 13.5. The molecule has 3 nitrogen and oxygen atoms in total. The summed E-state index contributed by atoms with van der Waals surface area (Å²) in [6.07, 6.45) is 6.16. The van der Waals surface area contributed by atoms with Crippen molar-refractivity contribution in [3.63, 3.8) is 0 Å². The molecule has 1 N–H and O–H groups in total. The van der Waals surface area contributed by atoms with E-state index in [1.54, 1.807) is 6.20 Å². The van der Waals surface area contributed by atoms with Crippen LogP contribution in [0.5, 0.6) is 0 Å². The van der Waals surface area contributed by atoms with Gasteiger partial charge in [0.1, 0.15) is 0 Å². The van der Waals surface area contributed by atoms with E-state index in [0.717, 1.165) is 37.4 Å². The molecular weight excluding hydrogens is 258 g/mol. The minimum atomic E-state index is 0.556. The van der Waals surface area contributed by atoms with Gasteiger partial charge in [-0.1, -0.05) is 39.3 Å². The third kappa shape index (κ3) is 5.15. The zero-order valence-electron chi connectivity index (χ0n) is 12.7. The van der Waals surface area contributed by atoms with E-state index in [1.165, 1.54) is 12.1 Å². The van der Waals surface area contributed by atoms with Gasteiger partial charge in [0.2, 0.25) is 0 Å². The van der Waals surface area contributed by atoms with Gasteiger partial charge >= 0.3 is 0 Å². The van der Waals surface area contributed by atoms with Crippen molar-refractivity contribution in [3.8, 4) is 0 Å². The number of aromatic nitrogens is 2. The molecule has 0 radical (unpaired) electrons. The number of hydrogen-bond donors (Lipinski definition) is 1. The summed E-state index contributed by atoms with van der Waals surface area (Å²) < 4.78 is 2.06. The van der Waals surface area contributed by atoms with Gasteiger partial charge in [0.05, 0.1) is 16.9 Å². The molecule has 0 saturated heterocycles. The fourth-order valence-corrected chi connectivity index (χ4v) is 2.57. The summed E-state index contributed by atoms with van der Waals surface area (Å²) in [5.41, 5.74) is 1.19. The summed E-state index contributed by atoms with van der Waals surface area (Å²) in [5, 5.41) is 8.80. The van der Waals surface area contributed by atoms with Crippen molar-refractivity contribution in [2.45, 2.75) is 66.0 Å². The summed E-state index contributed by atoms with van der Waals surface area (Å²) in [6, 6.07) is 0.556. The first-order chi connectivity index (χ1) is 9.10. The van der Waals surface area contributed by atoms with Crippen LogP contribution in [0.25, 0.3) is 0 Å². The van der Waals surface area contributed by atoms with Gasteiger partial charge in [-0.2, -0.15) is 5.10 Å². The SMILES string of the molecule is CCCNC(CCc1c(Cl)cnn1CCC)C(C)C. The highest BCUT2D eigenvalue weighted by molar-refractivity contribution is 6.31. The first kappa shape index (κ1) is 16.5. The van der Waals surface area contributed by atoms with Crippen molar-refractivity contribution < 1.29 is 0 Å². The van der Waals surface area contributed by atoms with Crippen LogP contribution in [0.3, 0.4) is 0 Å². The molecule has 1 unspecified atom stereocenters. The fourth-order valence-electron chi connectivity index (χ4n) is 2.33. The van der Waals surface area contributed by atoms with Crippen molar-refractivity contribution >= 4 is 11.6 Å². The summed E-state index contributed by atoms with van der Waals surface area (Å²) in [5.74, 6) is 0.646. The number of rotatable bonds is 9. The minimum absolute atomic E-state index is 0.556. The highest BCUT2D eigenvalue weighted by Gasteiger charge is 2.15. The lowest BCUT2D eigenvalue weighted by Crippen LogP contribution is -2.35. The minimum Gasteiger partial charge on any atom is -0.314 e. The van der Waals surface area contributed by atoms with Crippen LogP contribution in [0.15, 0.2) is 6.20 Å². The molecule has 1 atom stereocenters. The average molecular weight is 286 g/mol. The Morgan fingerprint density at radius 2 is 2.05 bits per heavy atom. The van der Waals surface area contributed by atoms with E-state index in [4.69, 9.17) is 11.6 Å². The van der Waals surface area contributed by atoms with Crippen LogP contribution >= 0.6 is 11.6 Å². The molecule has 0 bridgehead atoms. The summed E-state index contributed by atoms with van der Waals surface area (Å²) >= 11 is 6.24. The van der Waals surface area contributed by atoms with Crippen LogP contribution in [0.4, 0.5) is 0 Å². The second kappa shape index (κ2) is 8.60. The van der Waals surface area contributed by atoms with E-state index >= 15 is 0 Å². The van der Waals surface area contributed by atoms with E-state index < -0.39 is 0 Å². The van der Waals surface area contributed by atoms with E-state index in [-0.39, 0.29) is 0 Å². The zero-order chi connectivity index (χ0) is 14.3. The standard InChI is InChI=1S/C15H28ClN3/c1-5-9-17-14(12(3)4)7-8-15-13(16)11-18-19(15)10-6-2/h11-12,14,17H,5-10H2,1-4H3. The van der Waals surface area contributed by atoms with Crippen molar-refractivity contribution in [3.05, 3.63) is 16.9 Å². The summed E-state index contributed by atoms with van der Waals surface area (Å²) in [7, 11) is 0. The number of nitrogens with one attached hydrogen (secondary N) is 1. The lowest BCUT2D eigenvalue weighted by Gasteiger charge is -2.22. The van der Waals surface area contributed by atoms with Crippen molar-refractivity contribution in [2.75, 3.05) is 6.54 Å². The van der Waals surface area contributed by atoms with Gasteiger partial charge in [-0.25, -0.2) is 0 Å². The third-order valence-electron chi connectivity index (χ3n) is 3.49. The van der Waals surface area contributed by atoms with Crippen LogP contribution in [0.1, 0.15) is 52.7 Å². The van der Waals surface area contributed by atoms with Crippen molar-refractivity contribution in [1.29, 1.82) is 0 Å². The molecule has 110 valence electrons. The molecule has 1 heterocycles. The van der Waals surface area contributed by atoms with Crippen molar-refractivity contribution in [1.82, 2.24) is 15.1 Å². The molecule has 0 spiro atoms. The molecule has 1 rings (SSSR count). The molecule has 0 saturated carbocycles. The number of halogens is 1. The maximum Gasteiger partial charge on any atom is 0.0817 e. The Kier molecular flexibility index (Phi) is 7.47. The van der Waals surface area contributed by atoms with Gasteiger partial charge in [0.15, 0.2) is 0 Å². The van der Waals surface area contributed by atoms with E-state index in [0.29, 0.717) is 12.0 Å². The highest BCUT2D eigenvalue weighted by Crippen LogP contribution is 2.19. The Hall–Kier alpha value is -0.540. The van der Waals surface area contributed by atoms with E-state index in [2.05, 4.69) is 42.8 Å². The summed E-state index contributed by atoms with van der Waals surface area (Å²) in [4.78, 5) is 0. The number of aryl methyl sites for hydroxylation is 1. The lowest BCUT2D eigenvalue weighted by atomic mass is 9.98. The second-order valence-electron chi connectivity index (χ2n) is 5.51. The Labute approximate surface area is 122 Å². The predicted molar refractivity (Wildman–Crippen MR) is 82.8 cm³/mol. The highest BCUT2D eigenvalue weighted by atomic mass is 35.5. The Balaban J connectivity index is 2.60. The lowest BCUT2D eigenvalue weighted by molar-refractivity contribution is 0.374. The van der Waals surface area contributed by atoms with Gasteiger partial charge in [-0.05, 0) is 38.1 Å². The Morgan fingerprint density at radius 1 is 1.32 bits per heavy atom. The molecule has 4 heteroatoms. The number of hydrogen-bond acceptors (Lipinski definition) is 2. The molecule has 0 aliphatic heterocycles. The molecule has 0 aliphatic rings. The Bertz CT molecular complexity index is 360. The largest absolute Gasteiger partial charge is 0.314 e. The summed E-state index contributed by atoms with van der Waals surface area (Å²) in [6.45, 7) is 11.0. The molecule has 1 aromatic rings. The maximum atomic E-state index is 6.24. The first-order valence-electron chi connectivity index (χ1n) is 7.53. The Morgan fingerprint density at radius 3 is 2.63 bits per heavy atom. The molecule has 0 fully saturated rings. The monoisotopic (exact) mass is 285 g/mol. The van der Waals surface area contributed by atoms with Gasteiger partial charge in [0.25, 0.3) is 0 Å². The van der Waals surface area contributed by atoms with Crippen LogP contribution in [0, 0.1) is 5.92 Å². The molecular formula is C15H28ClN3. The van der Waals surface area contributed by atoms with Gasteiger partial charge < -0.3 is 5.32 Å². The van der Waals surface area contributed by atoms with Gasteiger partial charge in [0, 0.05) is 12.6 Å². The second-order valence-corrected chi connectivity index (χ2v) is 5.91. The van der Waals surface area contributed by atoms with E-state index in [9.17, 15) is 0 Å². The van der Waals surface area contributed by atoms with Gasteiger partial charge in [-0.15, -0.1) is 0 Å². The number of nitrogens with zero attached hydrogens (tertiary/aromatic N) is 2. The topological polar surface area (TPSA) is 29.9 Å². The van der Waals surface area contributed by atoms with Crippen LogP contribution < -0.4 is 5.32 Å². The molecule has 0 aromatic carbocycles. The van der Waals surface area contributed by atoms with Crippen LogP contribution in [-0.4, -0.2) is 22.4 Å². The quantitative estimate of drug-likeness (QED) is 0.746. The molecule has 0 aliphatic carbocycles. The predicted octanol–water partition coefficient (Wildman–Crippen LogP) is 3.90. The van der Waals surface area contributed by atoms with Gasteiger partial charge in [-0.3, -0.25) is 4.68 Å². The normalized spacial score (nSPS) is 13.2. The fraction of sp³-hybridized carbons (Fsp3) is 0.800. The third-order valence-corrected chi connectivity index (χ3v) is 3.80. The van der Waals surface area contributed by atoms with E-state index in [1.807, 2.05) is 0 Å². The van der Waals surface area contributed by atoms with Crippen molar-refractivity contribution in [2.24, 2.45) is 5.92 Å². The molecule has 19 heavy (non-hydrogen) atoms. The van der Waals surface area contributed by atoms with Crippen LogP contribution in [-0.2, 0) is 13.0 Å². The average Bonchev–Trinajstić information content (AvgIpc) is 2.71. The molecule has 1 aromatic heterocycles.